The lowest BCUT2D eigenvalue weighted by atomic mass is 9.67. The SMILES string of the molecule is c1ccc(-n2c3ccccc3c3cc(-c4ccc5c(c4)Sc4ccc(-n6c7ccccc7c7ccccc76)cc4C54c5cccnc5-c5ncccc54)ccc32)cc1. The Morgan fingerprint density at radius 2 is 0.914 bits per heavy atom. The van der Waals surface area contributed by atoms with Crippen LogP contribution < -0.4 is 0 Å². The van der Waals surface area contributed by atoms with Crippen molar-refractivity contribution in [3.05, 3.63) is 217 Å². The van der Waals surface area contributed by atoms with Gasteiger partial charge in [0.15, 0.2) is 0 Å². The summed E-state index contributed by atoms with van der Waals surface area (Å²) in [5.74, 6) is 0. The van der Waals surface area contributed by atoms with Gasteiger partial charge in [-0.25, -0.2) is 0 Å². The molecule has 7 aromatic carbocycles. The van der Waals surface area contributed by atoms with E-state index in [2.05, 4.69) is 191 Å². The summed E-state index contributed by atoms with van der Waals surface area (Å²) in [6.07, 6.45) is 3.80. The van der Waals surface area contributed by atoms with Gasteiger partial charge in [-0.3, -0.25) is 9.97 Å². The quantitative estimate of drug-likeness (QED) is 0.180. The fraction of sp³-hybridized carbons (Fsp3) is 0.0189. The predicted molar refractivity (Wildman–Crippen MR) is 238 cm³/mol. The summed E-state index contributed by atoms with van der Waals surface area (Å²) in [6.45, 7) is 0. The molecule has 0 saturated heterocycles. The van der Waals surface area contributed by atoms with Gasteiger partial charge in [0.05, 0.1) is 38.9 Å². The molecule has 4 aromatic heterocycles. The molecule has 1 aliphatic heterocycles. The smallest absolute Gasteiger partial charge is 0.0937 e. The minimum absolute atomic E-state index is 0.608. The van der Waals surface area contributed by atoms with Crippen molar-refractivity contribution >= 4 is 55.4 Å². The van der Waals surface area contributed by atoms with E-state index in [0.717, 1.165) is 22.8 Å². The predicted octanol–water partition coefficient (Wildman–Crippen LogP) is 13.2. The van der Waals surface area contributed by atoms with Crippen LogP contribution in [-0.2, 0) is 5.41 Å². The first-order valence-corrected chi connectivity index (χ1v) is 20.5. The fourth-order valence-electron chi connectivity index (χ4n) is 10.1. The zero-order chi connectivity index (χ0) is 38.0. The molecule has 0 N–H and O–H groups in total. The van der Waals surface area contributed by atoms with E-state index < -0.39 is 5.41 Å². The van der Waals surface area contributed by atoms with Gasteiger partial charge in [-0.15, -0.1) is 0 Å². The molecule has 270 valence electrons. The van der Waals surface area contributed by atoms with E-state index >= 15 is 0 Å². The number of para-hydroxylation sites is 4. The van der Waals surface area contributed by atoms with E-state index in [4.69, 9.17) is 9.97 Å². The third kappa shape index (κ3) is 4.20. The average Bonchev–Trinajstić information content (AvgIpc) is 3.91. The van der Waals surface area contributed by atoms with Crippen LogP contribution in [0.3, 0.4) is 0 Å². The van der Waals surface area contributed by atoms with Crippen molar-refractivity contribution in [2.75, 3.05) is 0 Å². The van der Waals surface area contributed by atoms with Crippen molar-refractivity contribution in [2.24, 2.45) is 0 Å². The molecule has 1 aliphatic carbocycles. The van der Waals surface area contributed by atoms with Crippen LogP contribution in [0.15, 0.2) is 204 Å². The Morgan fingerprint density at radius 1 is 0.362 bits per heavy atom. The highest BCUT2D eigenvalue weighted by Gasteiger charge is 2.51. The molecule has 0 fully saturated rings. The van der Waals surface area contributed by atoms with Crippen molar-refractivity contribution in [1.29, 1.82) is 0 Å². The van der Waals surface area contributed by atoms with Crippen LogP contribution in [0.1, 0.15) is 22.3 Å². The molecule has 0 unspecified atom stereocenters. The lowest BCUT2D eigenvalue weighted by Gasteiger charge is -2.39. The summed E-state index contributed by atoms with van der Waals surface area (Å²) in [5.41, 5.74) is 15.7. The molecule has 5 heteroatoms. The van der Waals surface area contributed by atoms with Gasteiger partial charge in [-0.1, -0.05) is 115 Å². The van der Waals surface area contributed by atoms with Gasteiger partial charge in [-0.2, -0.15) is 0 Å². The Kier molecular flexibility index (Phi) is 6.55. The zero-order valence-corrected chi connectivity index (χ0v) is 32.0. The number of nitrogens with zero attached hydrogens (tertiary/aromatic N) is 4. The molecule has 5 heterocycles. The standard InChI is InChI=1S/C53H32N4S/c1-2-12-35(13-3-1)56-47-21-9-6-16-39(47)40-30-33(23-26-48(40)56)34-22-25-41-50(31-34)58-49-27-24-36(57-45-19-7-4-14-37(45)38-15-5-8-20-46(38)57)32-44(49)53(41)42-17-10-28-54-51(42)52-43(53)18-11-29-55-52/h1-32H. The number of fused-ring (bicyclic) bond motifs is 15. The van der Waals surface area contributed by atoms with Crippen molar-refractivity contribution < 1.29 is 0 Å². The first kappa shape index (κ1) is 31.9. The van der Waals surface area contributed by atoms with E-state index in [1.165, 1.54) is 86.8 Å². The van der Waals surface area contributed by atoms with E-state index in [1.54, 1.807) is 0 Å². The third-order valence-corrected chi connectivity index (χ3v) is 13.6. The third-order valence-electron chi connectivity index (χ3n) is 12.5. The van der Waals surface area contributed by atoms with E-state index in [0.29, 0.717) is 0 Å². The van der Waals surface area contributed by atoms with Gasteiger partial charge in [0.2, 0.25) is 0 Å². The Balaban J connectivity index is 1.04. The molecule has 0 atom stereocenters. The molecule has 0 radical (unpaired) electrons. The Bertz CT molecular complexity index is 3400. The molecular weight excluding hydrogens is 725 g/mol. The van der Waals surface area contributed by atoms with Crippen molar-refractivity contribution in [3.8, 4) is 33.9 Å². The molecular formula is C53H32N4S. The van der Waals surface area contributed by atoms with E-state index in [-0.39, 0.29) is 0 Å². The Morgan fingerprint density at radius 3 is 1.59 bits per heavy atom. The first-order chi connectivity index (χ1) is 28.8. The van der Waals surface area contributed by atoms with Gasteiger partial charge in [0, 0.05) is 55.1 Å². The van der Waals surface area contributed by atoms with Crippen molar-refractivity contribution in [2.45, 2.75) is 15.2 Å². The monoisotopic (exact) mass is 756 g/mol. The normalized spacial score (nSPS) is 13.6. The van der Waals surface area contributed by atoms with Gasteiger partial charge >= 0.3 is 0 Å². The van der Waals surface area contributed by atoms with Gasteiger partial charge < -0.3 is 9.13 Å². The first-order valence-electron chi connectivity index (χ1n) is 19.7. The van der Waals surface area contributed by atoms with Crippen molar-refractivity contribution in [3.63, 3.8) is 0 Å². The largest absolute Gasteiger partial charge is 0.309 e. The minimum atomic E-state index is -0.608. The van der Waals surface area contributed by atoms with Gasteiger partial charge in [0.25, 0.3) is 0 Å². The highest BCUT2D eigenvalue weighted by atomic mass is 32.2. The van der Waals surface area contributed by atoms with Crippen LogP contribution in [-0.4, -0.2) is 19.1 Å². The summed E-state index contributed by atoms with van der Waals surface area (Å²) in [4.78, 5) is 12.5. The number of hydrogen-bond acceptors (Lipinski definition) is 3. The van der Waals surface area contributed by atoms with E-state index in [9.17, 15) is 0 Å². The molecule has 2 aliphatic rings. The topological polar surface area (TPSA) is 35.6 Å². The van der Waals surface area contributed by atoms with Crippen LogP contribution in [0.5, 0.6) is 0 Å². The molecule has 11 aromatic rings. The molecule has 1 spiro atoms. The van der Waals surface area contributed by atoms with E-state index in [1.807, 2.05) is 24.2 Å². The molecule has 0 bridgehead atoms. The summed E-state index contributed by atoms with van der Waals surface area (Å²) in [6, 6.07) is 66.7. The molecule has 13 rings (SSSR count). The zero-order valence-electron chi connectivity index (χ0n) is 31.2. The summed E-state index contributed by atoms with van der Waals surface area (Å²) in [5, 5.41) is 5.01. The average molecular weight is 757 g/mol. The number of benzene rings is 7. The second-order valence-corrected chi connectivity index (χ2v) is 16.4. The number of aromatic nitrogens is 4. The molecule has 0 saturated carbocycles. The Labute approximate surface area is 338 Å². The highest BCUT2D eigenvalue weighted by molar-refractivity contribution is 7.99. The minimum Gasteiger partial charge on any atom is -0.309 e. The second kappa shape index (κ2) is 11.9. The van der Waals surface area contributed by atoms with Crippen LogP contribution >= 0.6 is 11.8 Å². The maximum absolute atomic E-state index is 5.02. The van der Waals surface area contributed by atoms with Gasteiger partial charge in [0.1, 0.15) is 0 Å². The molecule has 58 heavy (non-hydrogen) atoms. The number of pyridine rings is 2. The summed E-state index contributed by atoms with van der Waals surface area (Å²) >= 11 is 1.87. The molecule has 0 amide bonds. The Hall–Kier alpha value is -7.21. The maximum Gasteiger partial charge on any atom is 0.0937 e. The van der Waals surface area contributed by atoms with Crippen LogP contribution in [0, 0.1) is 0 Å². The van der Waals surface area contributed by atoms with Crippen molar-refractivity contribution in [1.82, 2.24) is 19.1 Å². The molecule has 4 nitrogen and oxygen atoms in total. The van der Waals surface area contributed by atoms with Gasteiger partial charge in [-0.05, 0) is 112 Å². The lowest BCUT2D eigenvalue weighted by molar-refractivity contribution is 0.718. The van der Waals surface area contributed by atoms with Crippen LogP contribution in [0.2, 0.25) is 0 Å². The second-order valence-electron chi connectivity index (χ2n) is 15.3. The lowest BCUT2D eigenvalue weighted by Crippen LogP contribution is -2.32. The maximum atomic E-state index is 5.02. The van der Waals surface area contributed by atoms with Crippen LogP contribution in [0.4, 0.5) is 0 Å². The highest BCUT2D eigenvalue weighted by Crippen LogP contribution is 2.62. The summed E-state index contributed by atoms with van der Waals surface area (Å²) < 4.78 is 4.80. The van der Waals surface area contributed by atoms with Crippen LogP contribution in [0.25, 0.3) is 77.5 Å². The number of hydrogen-bond donors (Lipinski definition) is 0. The summed E-state index contributed by atoms with van der Waals surface area (Å²) in [7, 11) is 0. The fourth-order valence-corrected chi connectivity index (χ4v) is 11.3. The number of rotatable bonds is 3.